The van der Waals surface area contributed by atoms with Crippen molar-refractivity contribution in [1.82, 2.24) is 0 Å². The highest BCUT2D eigenvalue weighted by atomic mass is 16.5. The molecule has 0 aromatic rings. The van der Waals surface area contributed by atoms with Gasteiger partial charge in [0.25, 0.3) is 0 Å². The summed E-state index contributed by atoms with van der Waals surface area (Å²) in [5, 5.41) is 17.4. The van der Waals surface area contributed by atoms with Gasteiger partial charge in [-0.15, -0.1) is 0 Å². The number of aliphatic hydroxyl groups excluding tert-OH is 2. The highest BCUT2D eigenvalue weighted by Gasteiger charge is 2.28. The van der Waals surface area contributed by atoms with E-state index >= 15 is 0 Å². The van der Waals surface area contributed by atoms with E-state index in [1.54, 1.807) is 0 Å². The van der Waals surface area contributed by atoms with Crippen LogP contribution in [0, 0.1) is 0 Å². The maximum Gasteiger partial charge on any atom is 0.0831 e. The van der Waals surface area contributed by atoms with Crippen molar-refractivity contribution in [3.8, 4) is 0 Å². The van der Waals surface area contributed by atoms with Crippen LogP contribution in [0.3, 0.4) is 0 Å². The summed E-state index contributed by atoms with van der Waals surface area (Å²) < 4.78 is 10.5. The van der Waals surface area contributed by atoms with Crippen molar-refractivity contribution in [2.24, 2.45) is 5.73 Å². The van der Waals surface area contributed by atoms with Crippen molar-refractivity contribution in [2.45, 2.75) is 24.7 Å². The first-order valence-electron chi connectivity index (χ1n) is 4.48. The molecule has 0 bridgehead atoms. The van der Waals surface area contributed by atoms with Gasteiger partial charge in [0.2, 0.25) is 0 Å². The van der Waals surface area contributed by atoms with E-state index in [0.29, 0.717) is 13.0 Å². The Morgan fingerprint density at radius 2 is 2.23 bits per heavy atom. The number of nitrogens with two attached hydrogens (primary N) is 1. The Bertz CT molecular complexity index is 144. The van der Waals surface area contributed by atoms with E-state index in [-0.39, 0.29) is 38.1 Å². The number of hydrogen-bond acceptors (Lipinski definition) is 5. The fraction of sp³-hybridized carbons (Fsp3) is 1.00. The Labute approximate surface area is 77.4 Å². The van der Waals surface area contributed by atoms with Crippen LogP contribution in [0.1, 0.15) is 6.42 Å². The first kappa shape index (κ1) is 10.9. The number of ether oxygens (including phenoxy) is 2. The molecule has 0 radical (unpaired) electrons. The van der Waals surface area contributed by atoms with Gasteiger partial charge >= 0.3 is 0 Å². The molecule has 0 aliphatic carbocycles. The van der Waals surface area contributed by atoms with Gasteiger partial charge in [-0.05, 0) is 0 Å². The van der Waals surface area contributed by atoms with Gasteiger partial charge in [-0.25, -0.2) is 0 Å². The maximum absolute atomic E-state index is 8.85. The van der Waals surface area contributed by atoms with Crippen molar-refractivity contribution in [3.05, 3.63) is 0 Å². The SMILES string of the molecule is N[C@H]1CO[C@H](CO)C[C@H]1OCCO. The van der Waals surface area contributed by atoms with E-state index in [2.05, 4.69) is 0 Å². The third-order valence-corrected chi connectivity index (χ3v) is 2.12. The van der Waals surface area contributed by atoms with Crippen LogP contribution >= 0.6 is 0 Å². The van der Waals surface area contributed by atoms with Crippen molar-refractivity contribution in [1.29, 1.82) is 0 Å². The molecule has 0 unspecified atom stereocenters. The molecule has 5 nitrogen and oxygen atoms in total. The fourth-order valence-electron chi connectivity index (χ4n) is 1.38. The molecule has 0 amide bonds. The molecule has 0 saturated carbocycles. The molecule has 0 aromatic carbocycles. The lowest BCUT2D eigenvalue weighted by Crippen LogP contribution is -2.49. The van der Waals surface area contributed by atoms with Crippen LogP contribution in [0.15, 0.2) is 0 Å². The number of aliphatic hydroxyl groups is 2. The molecular weight excluding hydrogens is 174 g/mol. The summed E-state index contributed by atoms with van der Waals surface area (Å²) in [6.07, 6.45) is 0.305. The van der Waals surface area contributed by atoms with Crippen LogP contribution in [-0.2, 0) is 9.47 Å². The predicted molar refractivity (Wildman–Crippen MR) is 46.2 cm³/mol. The molecule has 1 aliphatic rings. The van der Waals surface area contributed by atoms with Crippen LogP contribution in [-0.4, -0.2) is 54.9 Å². The summed E-state index contributed by atoms with van der Waals surface area (Å²) in [7, 11) is 0. The van der Waals surface area contributed by atoms with Gasteiger partial charge in [-0.1, -0.05) is 0 Å². The molecule has 4 N–H and O–H groups in total. The normalized spacial score (nSPS) is 34.8. The first-order chi connectivity index (χ1) is 6.27. The summed E-state index contributed by atoms with van der Waals surface area (Å²) in [6, 6.07) is -0.158. The van der Waals surface area contributed by atoms with E-state index in [1.165, 1.54) is 0 Å². The molecule has 0 spiro atoms. The van der Waals surface area contributed by atoms with Gasteiger partial charge in [0, 0.05) is 6.42 Å². The Balaban J connectivity index is 2.31. The molecule has 13 heavy (non-hydrogen) atoms. The quantitative estimate of drug-likeness (QED) is 0.502. The molecule has 1 fully saturated rings. The van der Waals surface area contributed by atoms with E-state index in [4.69, 9.17) is 25.4 Å². The predicted octanol–water partition coefficient (Wildman–Crippen LogP) is -1.53. The number of rotatable bonds is 4. The van der Waals surface area contributed by atoms with Gasteiger partial charge in [0.15, 0.2) is 0 Å². The van der Waals surface area contributed by atoms with Crippen LogP contribution in [0.5, 0.6) is 0 Å². The zero-order valence-electron chi connectivity index (χ0n) is 7.56. The molecule has 78 valence electrons. The molecule has 3 atom stereocenters. The monoisotopic (exact) mass is 191 g/mol. The third-order valence-electron chi connectivity index (χ3n) is 2.12. The Morgan fingerprint density at radius 1 is 1.46 bits per heavy atom. The molecule has 1 heterocycles. The zero-order valence-corrected chi connectivity index (χ0v) is 7.56. The Kier molecular flexibility index (Phi) is 4.61. The minimum Gasteiger partial charge on any atom is -0.394 e. The standard InChI is InChI=1S/C8H17NO4/c9-7-5-13-6(4-11)3-8(7)12-2-1-10/h6-8,10-11H,1-5,9H2/t6-,7-,8+/m0/s1. The summed E-state index contributed by atoms with van der Waals surface area (Å²) in [6.45, 7) is 0.678. The minimum atomic E-state index is -0.177. The second kappa shape index (κ2) is 5.51. The summed E-state index contributed by atoms with van der Waals surface area (Å²) >= 11 is 0. The lowest BCUT2D eigenvalue weighted by atomic mass is 10.0. The van der Waals surface area contributed by atoms with Crippen LogP contribution in [0.4, 0.5) is 0 Å². The van der Waals surface area contributed by atoms with E-state index in [0.717, 1.165) is 0 Å². The van der Waals surface area contributed by atoms with Crippen LogP contribution < -0.4 is 5.73 Å². The number of hydrogen-bond donors (Lipinski definition) is 3. The van der Waals surface area contributed by atoms with Gasteiger partial charge in [0.1, 0.15) is 0 Å². The maximum atomic E-state index is 8.85. The van der Waals surface area contributed by atoms with Gasteiger partial charge in [-0.2, -0.15) is 0 Å². The van der Waals surface area contributed by atoms with Crippen LogP contribution in [0.2, 0.25) is 0 Å². The third kappa shape index (κ3) is 3.21. The zero-order chi connectivity index (χ0) is 9.68. The first-order valence-corrected chi connectivity index (χ1v) is 4.48. The smallest absolute Gasteiger partial charge is 0.0831 e. The summed E-state index contributed by atoms with van der Waals surface area (Å²) in [4.78, 5) is 0. The van der Waals surface area contributed by atoms with Crippen LogP contribution in [0.25, 0.3) is 0 Å². The summed E-state index contributed by atoms with van der Waals surface area (Å²) in [5.41, 5.74) is 5.72. The van der Waals surface area contributed by atoms with E-state index < -0.39 is 0 Å². The van der Waals surface area contributed by atoms with Crippen molar-refractivity contribution in [2.75, 3.05) is 26.4 Å². The topological polar surface area (TPSA) is 84.9 Å². The largest absolute Gasteiger partial charge is 0.394 e. The average molecular weight is 191 g/mol. The molecular formula is C8H17NO4. The van der Waals surface area contributed by atoms with Crippen molar-refractivity contribution >= 4 is 0 Å². The van der Waals surface area contributed by atoms with Gasteiger partial charge in [0.05, 0.1) is 44.7 Å². The second-order valence-electron chi connectivity index (χ2n) is 3.17. The lowest BCUT2D eigenvalue weighted by Gasteiger charge is -2.33. The molecule has 0 aromatic heterocycles. The van der Waals surface area contributed by atoms with E-state index in [1.807, 2.05) is 0 Å². The minimum absolute atomic E-state index is 0.00608. The Morgan fingerprint density at radius 3 is 2.85 bits per heavy atom. The molecule has 1 rings (SSSR count). The van der Waals surface area contributed by atoms with Crippen molar-refractivity contribution in [3.63, 3.8) is 0 Å². The summed E-state index contributed by atoms with van der Waals surface area (Å²) in [5.74, 6) is 0. The average Bonchev–Trinajstić information content (AvgIpc) is 2.17. The van der Waals surface area contributed by atoms with Gasteiger partial charge < -0.3 is 25.4 Å². The Hall–Kier alpha value is -0.200. The molecule has 1 saturated heterocycles. The lowest BCUT2D eigenvalue weighted by molar-refractivity contribution is -0.102. The molecule has 1 aliphatic heterocycles. The van der Waals surface area contributed by atoms with Crippen molar-refractivity contribution < 1.29 is 19.7 Å². The van der Waals surface area contributed by atoms with E-state index in [9.17, 15) is 0 Å². The molecule has 5 heteroatoms. The fourth-order valence-corrected chi connectivity index (χ4v) is 1.38. The highest BCUT2D eigenvalue weighted by Crippen LogP contribution is 2.15. The second-order valence-corrected chi connectivity index (χ2v) is 3.17. The highest BCUT2D eigenvalue weighted by molar-refractivity contribution is 4.81. The van der Waals surface area contributed by atoms with Gasteiger partial charge in [-0.3, -0.25) is 0 Å².